The molecule has 2 unspecified atom stereocenters. The molecule has 1 amide bonds. The third-order valence-electron chi connectivity index (χ3n) is 5.84. The quantitative estimate of drug-likeness (QED) is 0.822. The Morgan fingerprint density at radius 3 is 2.57 bits per heavy atom. The predicted octanol–water partition coefficient (Wildman–Crippen LogP) is 2.08. The second kappa shape index (κ2) is 7.72. The predicted molar refractivity (Wildman–Crippen MR) is 104 cm³/mol. The molecule has 1 N–H and O–H groups in total. The minimum atomic E-state index is -4.36. The van der Waals surface area contributed by atoms with Crippen LogP contribution < -0.4 is 10.2 Å². The summed E-state index contributed by atoms with van der Waals surface area (Å²) in [7, 11) is 1.69. The first-order chi connectivity index (χ1) is 14.3. The largest absolute Gasteiger partial charge is 0.393 e. The molecule has 2 fully saturated rings. The number of rotatable bonds is 3. The van der Waals surface area contributed by atoms with Gasteiger partial charge in [-0.3, -0.25) is 14.8 Å². The van der Waals surface area contributed by atoms with Crippen molar-refractivity contribution in [1.82, 2.24) is 20.2 Å². The van der Waals surface area contributed by atoms with E-state index in [2.05, 4.69) is 15.3 Å². The van der Waals surface area contributed by atoms with Gasteiger partial charge in [0.05, 0.1) is 23.2 Å². The highest BCUT2D eigenvalue weighted by Crippen LogP contribution is 2.37. The van der Waals surface area contributed by atoms with E-state index in [1.165, 1.54) is 12.4 Å². The van der Waals surface area contributed by atoms with Gasteiger partial charge in [0.2, 0.25) is 5.91 Å². The zero-order chi connectivity index (χ0) is 21.5. The number of carbonyl (C=O) groups is 1. The molecule has 2 aliphatic heterocycles. The van der Waals surface area contributed by atoms with Crippen LogP contribution in [0.1, 0.15) is 18.4 Å². The van der Waals surface area contributed by atoms with Crippen LogP contribution >= 0.6 is 0 Å². The highest BCUT2D eigenvalue weighted by Gasteiger charge is 2.45. The zero-order valence-corrected chi connectivity index (χ0v) is 16.4. The van der Waals surface area contributed by atoms with E-state index in [4.69, 9.17) is 0 Å². The van der Waals surface area contributed by atoms with Crippen molar-refractivity contribution in [3.05, 3.63) is 30.1 Å². The van der Waals surface area contributed by atoms with E-state index in [0.29, 0.717) is 41.8 Å². The normalized spacial score (nSPS) is 25.0. The van der Waals surface area contributed by atoms with Crippen LogP contribution in [0.3, 0.4) is 0 Å². The van der Waals surface area contributed by atoms with Gasteiger partial charge in [0.1, 0.15) is 17.1 Å². The van der Waals surface area contributed by atoms with Crippen LogP contribution in [0.5, 0.6) is 0 Å². The number of likely N-dealkylation sites (tertiary alicyclic amines) is 1. The molecule has 3 heterocycles. The maximum Gasteiger partial charge on any atom is 0.393 e. The summed E-state index contributed by atoms with van der Waals surface area (Å²) in [4.78, 5) is 23.9. The van der Waals surface area contributed by atoms with Crippen molar-refractivity contribution >= 4 is 22.6 Å². The Bertz CT molecular complexity index is 1000. The van der Waals surface area contributed by atoms with Gasteiger partial charge in [-0.1, -0.05) is 0 Å². The highest BCUT2D eigenvalue weighted by atomic mass is 19.4. The number of nitrogens with zero attached hydrogens (tertiary/aromatic N) is 5. The third-order valence-corrected chi connectivity index (χ3v) is 5.84. The van der Waals surface area contributed by atoms with Gasteiger partial charge < -0.3 is 15.1 Å². The number of carbonyl (C=O) groups excluding carboxylic acids is 1. The van der Waals surface area contributed by atoms with Gasteiger partial charge in [0, 0.05) is 45.1 Å². The van der Waals surface area contributed by atoms with Crippen LogP contribution in [-0.2, 0) is 4.79 Å². The molecule has 0 saturated carbocycles. The number of aromatic nitrogens is 2. The molecule has 1 aromatic carbocycles. The summed E-state index contributed by atoms with van der Waals surface area (Å²) >= 11 is 0. The average Bonchev–Trinajstić information content (AvgIpc) is 3.04. The summed E-state index contributed by atoms with van der Waals surface area (Å²) in [5.41, 5.74) is 1.59. The van der Waals surface area contributed by atoms with E-state index >= 15 is 0 Å². The minimum absolute atomic E-state index is 0.0899. The number of likely N-dealkylation sites (N-methyl/N-ethyl adjacent to an activating group) is 1. The molecule has 3 atom stereocenters. The fourth-order valence-electron chi connectivity index (χ4n) is 4.30. The standard InChI is InChI=1S/C20H21F3N6O/c1-28-7-4-15(19(28)30)27-14-8-13(20(21,22)23)10-29(11-14)16-3-2-12(9-24)17-18(16)26-6-5-25-17/h2-3,5-6,13-15,27H,4,7-8,10-11H2,1H3/t13?,14?,15-/m1/s1. The van der Waals surface area contributed by atoms with Crippen molar-refractivity contribution < 1.29 is 18.0 Å². The number of anilines is 1. The lowest BCUT2D eigenvalue weighted by Gasteiger charge is -2.41. The molecule has 7 nitrogen and oxygen atoms in total. The number of benzene rings is 1. The number of nitriles is 1. The maximum atomic E-state index is 13.7. The highest BCUT2D eigenvalue weighted by molar-refractivity contribution is 5.92. The zero-order valence-electron chi connectivity index (χ0n) is 16.4. The number of nitrogens with one attached hydrogen (secondary N) is 1. The molecule has 2 aliphatic rings. The molecule has 2 saturated heterocycles. The number of hydrogen-bond acceptors (Lipinski definition) is 6. The Morgan fingerprint density at radius 2 is 1.93 bits per heavy atom. The minimum Gasteiger partial charge on any atom is -0.368 e. The molecule has 30 heavy (non-hydrogen) atoms. The number of amides is 1. The van der Waals surface area contributed by atoms with E-state index in [-0.39, 0.29) is 18.9 Å². The van der Waals surface area contributed by atoms with Crippen molar-refractivity contribution in [2.24, 2.45) is 5.92 Å². The van der Waals surface area contributed by atoms with Gasteiger partial charge in [-0.15, -0.1) is 0 Å². The Labute approximate surface area is 171 Å². The third kappa shape index (κ3) is 3.77. The number of piperidine rings is 1. The van der Waals surface area contributed by atoms with Gasteiger partial charge in [0.25, 0.3) is 0 Å². The molecular weight excluding hydrogens is 397 g/mol. The van der Waals surface area contributed by atoms with E-state index in [1.54, 1.807) is 29.0 Å². The summed E-state index contributed by atoms with van der Waals surface area (Å²) in [5.74, 6) is -1.63. The molecule has 0 bridgehead atoms. The van der Waals surface area contributed by atoms with E-state index in [0.717, 1.165) is 0 Å². The van der Waals surface area contributed by atoms with Crippen LogP contribution in [0.15, 0.2) is 24.5 Å². The summed E-state index contributed by atoms with van der Waals surface area (Å²) in [6, 6.07) is 4.25. The summed E-state index contributed by atoms with van der Waals surface area (Å²) < 4.78 is 41.1. The fraction of sp³-hybridized carbons (Fsp3) is 0.500. The molecule has 1 aromatic heterocycles. The smallest absolute Gasteiger partial charge is 0.368 e. The Morgan fingerprint density at radius 1 is 1.20 bits per heavy atom. The molecule has 0 radical (unpaired) electrons. The topological polar surface area (TPSA) is 85.2 Å². The van der Waals surface area contributed by atoms with Crippen molar-refractivity contribution in [2.45, 2.75) is 31.1 Å². The van der Waals surface area contributed by atoms with E-state index in [9.17, 15) is 23.2 Å². The van der Waals surface area contributed by atoms with Crippen LogP contribution in [0.4, 0.5) is 18.9 Å². The summed E-state index contributed by atoms with van der Waals surface area (Å²) in [6.07, 6.45) is -0.959. The van der Waals surface area contributed by atoms with Crippen LogP contribution in [0, 0.1) is 17.2 Å². The number of hydrogen-bond donors (Lipinski definition) is 1. The van der Waals surface area contributed by atoms with E-state index < -0.39 is 24.2 Å². The molecular formula is C20H21F3N6O. The number of alkyl halides is 3. The van der Waals surface area contributed by atoms with Gasteiger partial charge in [-0.25, -0.2) is 0 Å². The SMILES string of the molecule is CN1CC[C@@H](NC2CC(C(F)(F)F)CN(c3ccc(C#N)c4nccnc34)C2)C1=O. The maximum absolute atomic E-state index is 13.7. The summed E-state index contributed by atoms with van der Waals surface area (Å²) in [5, 5.41) is 12.5. The lowest BCUT2D eigenvalue weighted by Crippen LogP contribution is -2.55. The van der Waals surface area contributed by atoms with Crippen molar-refractivity contribution in [2.75, 3.05) is 31.6 Å². The monoisotopic (exact) mass is 418 g/mol. The molecule has 2 aromatic rings. The van der Waals surface area contributed by atoms with Gasteiger partial charge in [0.15, 0.2) is 0 Å². The van der Waals surface area contributed by atoms with E-state index in [1.807, 2.05) is 6.07 Å². The molecule has 158 valence electrons. The fourth-order valence-corrected chi connectivity index (χ4v) is 4.30. The van der Waals surface area contributed by atoms with Gasteiger partial charge >= 0.3 is 6.18 Å². The first kappa shape index (κ1) is 20.3. The Hall–Kier alpha value is -2.93. The second-order valence-corrected chi connectivity index (χ2v) is 7.84. The Balaban J connectivity index is 1.66. The first-order valence-electron chi connectivity index (χ1n) is 9.74. The molecule has 10 heteroatoms. The van der Waals surface area contributed by atoms with Crippen molar-refractivity contribution in [3.8, 4) is 6.07 Å². The molecule has 4 rings (SSSR count). The summed E-state index contributed by atoms with van der Waals surface area (Å²) in [6.45, 7) is 0.681. The first-order valence-corrected chi connectivity index (χ1v) is 9.74. The Kier molecular flexibility index (Phi) is 5.24. The van der Waals surface area contributed by atoms with Crippen LogP contribution in [0.2, 0.25) is 0 Å². The average molecular weight is 418 g/mol. The lowest BCUT2D eigenvalue weighted by atomic mass is 9.92. The lowest BCUT2D eigenvalue weighted by molar-refractivity contribution is -0.177. The number of fused-ring (bicyclic) bond motifs is 1. The second-order valence-electron chi connectivity index (χ2n) is 7.84. The van der Waals surface area contributed by atoms with Crippen molar-refractivity contribution in [3.63, 3.8) is 0 Å². The van der Waals surface area contributed by atoms with Crippen LogP contribution in [-0.4, -0.2) is 65.7 Å². The van der Waals surface area contributed by atoms with Gasteiger partial charge in [-0.05, 0) is 25.0 Å². The molecule has 0 spiro atoms. The van der Waals surface area contributed by atoms with Crippen LogP contribution in [0.25, 0.3) is 11.0 Å². The van der Waals surface area contributed by atoms with Crippen molar-refractivity contribution in [1.29, 1.82) is 5.26 Å². The molecule has 0 aliphatic carbocycles. The number of halogens is 3. The van der Waals surface area contributed by atoms with Gasteiger partial charge in [-0.2, -0.15) is 18.4 Å².